The quantitative estimate of drug-likeness (QED) is 0.0449. The van der Waals surface area contributed by atoms with Crippen molar-refractivity contribution in [2.75, 3.05) is 102 Å². The summed E-state index contributed by atoms with van der Waals surface area (Å²) in [6.45, 7) is 9.31. The van der Waals surface area contributed by atoms with E-state index in [1.54, 1.807) is 6.92 Å². The summed E-state index contributed by atoms with van der Waals surface area (Å²) < 4.78 is 183. The minimum absolute atomic E-state index is 0.122. The third kappa shape index (κ3) is 27.0. The average molecular weight is 1460 g/mol. The summed E-state index contributed by atoms with van der Waals surface area (Å²) >= 11 is 0. The van der Waals surface area contributed by atoms with E-state index in [1.165, 1.54) is 6.42 Å². The van der Waals surface area contributed by atoms with Gasteiger partial charge in [-0.25, -0.2) is 33.7 Å². The van der Waals surface area contributed by atoms with Gasteiger partial charge in [-0.05, 0) is 115 Å². The lowest BCUT2D eigenvalue weighted by Crippen LogP contribution is -2.58. The van der Waals surface area contributed by atoms with Crippen molar-refractivity contribution in [2.45, 2.75) is 167 Å². The van der Waals surface area contributed by atoms with E-state index in [9.17, 15) is 90.2 Å². The van der Waals surface area contributed by atoms with E-state index >= 15 is 0 Å². The third-order valence-electron chi connectivity index (χ3n) is 19.8. The van der Waals surface area contributed by atoms with Crippen LogP contribution in [0.4, 0.5) is 0 Å². The molecular formula is C62H94O31S4-4. The molecule has 31 nitrogen and oxygen atoms in total. The topological polar surface area (TPSA) is 470 Å². The number of epoxide rings is 1. The van der Waals surface area contributed by atoms with Crippen LogP contribution in [0, 0.1) is 70.0 Å². The molecule has 10 aliphatic rings. The zero-order valence-corrected chi connectivity index (χ0v) is 58.8. The van der Waals surface area contributed by atoms with Gasteiger partial charge in [-0.3, -0.25) is 38.4 Å². The van der Waals surface area contributed by atoms with Gasteiger partial charge in [0, 0.05) is 5.41 Å². The van der Waals surface area contributed by atoms with E-state index in [-0.39, 0.29) is 49.5 Å². The molecule has 7 unspecified atom stereocenters. The van der Waals surface area contributed by atoms with E-state index in [4.69, 9.17) is 47.4 Å². The fraction of sp³-hybridized carbons (Fsp3) is 0.871. The van der Waals surface area contributed by atoms with Crippen LogP contribution in [0.15, 0.2) is 0 Å². The van der Waals surface area contributed by atoms with Crippen LogP contribution in [0.5, 0.6) is 0 Å². The molecule has 7 aliphatic carbocycles. The summed E-state index contributed by atoms with van der Waals surface area (Å²) in [5.74, 6) is -8.64. The van der Waals surface area contributed by atoms with Crippen LogP contribution >= 0.6 is 0 Å². The number of ether oxygens (including phenoxy) is 11. The predicted molar refractivity (Wildman–Crippen MR) is 329 cm³/mol. The largest absolute Gasteiger partial charge is 0.748 e. The van der Waals surface area contributed by atoms with E-state index < -0.39 is 178 Å². The Balaban J connectivity index is 0.000000207. The Kier molecular flexibility index (Phi) is 29.9. The second kappa shape index (κ2) is 35.7. The Hall–Kier alpha value is -4.72. The molecule has 10 rings (SSSR count). The van der Waals surface area contributed by atoms with Gasteiger partial charge in [0.15, 0.2) is 0 Å². The smallest absolute Gasteiger partial charge is 0.310 e. The molecule has 0 aromatic rings. The number of carbonyl (C=O) groups excluding carboxylic acids is 8. The molecule has 0 N–H and O–H groups in total. The second-order valence-electron chi connectivity index (χ2n) is 27.9. The van der Waals surface area contributed by atoms with Crippen molar-refractivity contribution in [3.8, 4) is 0 Å². The van der Waals surface area contributed by atoms with Gasteiger partial charge in [-0.2, -0.15) is 0 Å². The van der Waals surface area contributed by atoms with Gasteiger partial charge in [-0.15, -0.1) is 0 Å². The molecule has 0 spiro atoms. The highest BCUT2D eigenvalue weighted by Gasteiger charge is 2.58. The van der Waals surface area contributed by atoms with Crippen LogP contribution in [0.1, 0.15) is 156 Å². The minimum Gasteiger partial charge on any atom is -0.748 e. The van der Waals surface area contributed by atoms with E-state index in [0.717, 1.165) is 82.5 Å². The molecule has 35 heteroatoms. The monoisotopic (exact) mass is 1460 g/mol. The molecular weight excluding hydrogens is 1370 g/mol. The van der Waals surface area contributed by atoms with Crippen molar-refractivity contribution >= 4 is 88.2 Å². The van der Waals surface area contributed by atoms with Crippen LogP contribution in [0.25, 0.3) is 0 Å². The van der Waals surface area contributed by atoms with Crippen LogP contribution in [-0.4, -0.2) is 213 Å². The molecule has 0 amide bonds. The molecule has 0 aromatic carbocycles. The van der Waals surface area contributed by atoms with Gasteiger partial charge in [0.05, 0.1) is 150 Å². The van der Waals surface area contributed by atoms with Gasteiger partial charge >= 0.3 is 47.8 Å². The first-order chi connectivity index (χ1) is 45.3. The molecule has 7 saturated carbocycles. The summed E-state index contributed by atoms with van der Waals surface area (Å²) in [4.78, 5) is 97.0. The maximum atomic E-state index is 13.2. The van der Waals surface area contributed by atoms with E-state index in [0.29, 0.717) is 83.4 Å². The van der Waals surface area contributed by atoms with Crippen molar-refractivity contribution in [3.05, 3.63) is 0 Å². The highest BCUT2D eigenvalue weighted by atomic mass is 32.2. The molecule has 7 atom stereocenters. The number of rotatable bonds is 29. The van der Waals surface area contributed by atoms with E-state index in [2.05, 4.69) is 11.7 Å². The lowest BCUT2D eigenvalue weighted by Gasteiger charge is -2.59. The first-order valence-corrected chi connectivity index (χ1v) is 39.5. The maximum Gasteiger partial charge on any atom is 0.310 e. The van der Waals surface area contributed by atoms with Gasteiger partial charge in [-0.1, -0.05) is 52.4 Å². The molecule has 3 aliphatic heterocycles. The lowest BCUT2D eigenvalue weighted by atomic mass is 9.50. The van der Waals surface area contributed by atoms with Crippen molar-refractivity contribution in [1.29, 1.82) is 0 Å². The van der Waals surface area contributed by atoms with Crippen molar-refractivity contribution in [3.63, 3.8) is 0 Å². The zero-order chi connectivity index (χ0) is 71.6. The molecule has 97 heavy (non-hydrogen) atoms. The van der Waals surface area contributed by atoms with E-state index in [1.807, 2.05) is 13.8 Å². The number of esters is 8. The highest BCUT2D eigenvalue weighted by molar-refractivity contribution is 7.86. The van der Waals surface area contributed by atoms with Crippen LogP contribution in [0.3, 0.4) is 0 Å². The second-order valence-corrected chi connectivity index (χ2v) is 34.0. The summed E-state index contributed by atoms with van der Waals surface area (Å²) in [6, 6.07) is 0. The Bertz CT molecular complexity index is 3140. The highest BCUT2D eigenvalue weighted by Crippen LogP contribution is 2.60. The van der Waals surface area contributed by atoms with Crippen LogP contribution < -0.4 is 0 Å². The molecule has 4 bridgehead atoms. The molecule has 10 fully saturated rings. The minimum atomic E-state index is -4.44. The summed E-state index contributed by atoms with van der Waals surface area (Å²) in [5, 5.41) is 0. The summed E-state index contributed by atoms with van der Waals surface area (Å²) in [5.41, 5.74) is -1.13. The number of carbonyl (C=O) groups is 8. The lowest BCUT2D eigenvalue weighted by molar-refractivity contribution is -0.210. The normalized spacial score (nSPS) is 29.7. The van der Waals surface area contributed by atoms with Gasteiger partial charge in [0.2, 0.25) is 0 Å². The first kappa shape index (κ1) is 81.2. The maximum absolute atomic E-state index is 13.2. The summed E-state index contributed by atoms with van der Waals surface area (Å²) in [6.07, 6.45) is 14.4. The van der Waals surface area contributed by atoms with Crippen molar-refractivity contribution in [2.24, 2.45) is 70.0 Å². The first-order valence-electron chi connectivity index (χ1n) is 33.2. The molecule has 3 heterocycles. The SMILES string of the molecule is CC1(COC(=O)C2CCCCC2C(=O)OCCS(=O)(=O)[O-])COC1.CC1(COC(=O)CCC(=O)OCCS(=O)(=O)[O-])CO1.CC1(OC(=O)C2CCCCC2C(=O)OCCS(=O)(=O)[O-])C2CC3CC(C2)CC1C3.CCC1(COC(=O)C2CCCCC2C(=O)OCCS(=O)(=O)[O-])COC1. The predicted octanol–water partition coefficient (Wildman–Crippen LogP) is 3.14. The Morgan fingerprint density at radius 2 is 0.722 bits per heavy atom. The fourth-order valence-corrected chi connectivity index (χ4v) is 14.9. The zero-order valence-electron chi connectivity index (χ0n) is 55.5. The Morgan fingerprint density at radius 1 is 0.402 bits per heavy atom. The number of hydrogen-bond donors (Lipinski definition) is 0. The average Bonchev–Trinajstić information content (AvgIpc) is 1.16. The molecule has 3 saturated heterocycles. The van der Waals surface area contributed by atoms with Crippen molar-refractivity contribution in [1.82, 2.24) is 0 Å². The molecule has 556 valence electrons. The van der Waals surface area contributed by atoms with Gasteiger partial charge in [0.1, 0.15) is 57.5 Å². The van der Waals surface area contributed by atoms with Crippen LogP contribution in [0.2, 0.25) is 0 Å². The van der Waals surface area contributed by atoms with Gasteiger partial charge < -0.3 is 70.3 Å². The number of hydrogen-bond acceptors (Lipinski definition) is 31. The molecule has 0 radical (unpaired) electrons. The Morgan fingerprint density at radius 3 is 1.03 bits per heavy atom. The fourth-order valence-electron chi connectivity index (χ4n) is 13.8. The standard InChI is InChI=1S/C21H32O7S.C16H26O8S.C15H24O8S.C10H16O8S/c1-21(15-9-13-8-14(11-15)12-16(21)10-13)28-20(23)18-5-3-2-4-17(18)19(22)27-6-7-29(24,25)26;1-2-16(9-22-10-16)11-24-15(18)13-6-4-3-5-12(13)14(17)23-7-8-25(19,20)21;1-15(8-21-9-15)10-23-14(17)12-5-3-2-4-11(12)13(16)22-6-7-24(18,19)20;1-10(7-18-10)6-17-9(12)3-2-8(11)16-4-5-19(13,14)15/h13-18H,2-12H2,1H3,(H,24,25,26);12-13H,2-11H2,1H3,(H,19,20,21);11-12H,2-10H2,1H3,(H,18,19,20);2-7H2,1H3,(H,13,14,15)/p-4. The third-order valence-corrected chi connectivity index (χ3v) is 22.5. The van der Waals surface area contributed by atoms with Crippen LogP contribution in [-0.2, 0) is 131 Å². The Labute approximate surface area is 567 Å². The van der Waals surface area contributed by atoms with Crippen molar-refractivity contribution < 1.29 is 142 Å². The summed E-state index contributed by atoms with van der Waals surface area (Å²) in [7, 11) is -17.7. The molecule has 0 aromatic heterocycles. The van der Waals surface area contributed by atoms with Gasteiger partial charge in [0.25, 0.3) is 0 Å².